The summed E-state index contributed by atoms with van der Waals surface area (Å²) < 4.78 is 0. The van der Waals surface area contributed by atoms with E-state index in [1.165, 1.54) is 0 Å². The van der Waals surface area contributed by atoms with Crippen LogP contribution in [0.3, 0.4) is 0 Å². The van der Waals surface area contributed by atoms with Crippen LogP contribution < -0.4 is 10.2 Å². The first-order valence-electron chi connectivity index (χ1n) is 6.73. The zero-order valence-corrected chi connectivity index (χ0v) is 12.2. The fraction of sp³-hybridized carbons (Fsp3) is 0.467. The molecule has 5 heteroatoms. The number of nitrogens with zero attached hydrogens (tertiary/aromatic N) is 1. The molecule has 0 bridgehead atoms. The Hall–Kier alpha value is -2.04. The first kappa shape index (κ1) is 16.0. The normalized spacial score (nSPS) is 12.0. The third-order valence-corrected chi connectivity index (χ3v) is 2.92. The monoisotopic (exact) mass is 278 g/mol. The average molecular weight is 278 g/mol. The fourth-order valence-corrected chi connectivity index (χ4v) is 1.81. The van der Waals surface area contributed by atoms with Crippen molar-refractivity contribution in [2.45, 2.75) is 26.8 Å². The van der Waals surface area contributed by atoms with Crippen LogP contribution in [0.4, 0.5) is 5.69 Å². The molecule has 1 aromatic rings. The number of nitrogens with one attached hydrogen (secondary N) is 1. The molecule has 110 valence electrons. The van der Waals surface area contributed by atoms with Crippen LogP contribution in [0.15, 0.2) is 30.3 Å². The molecule has 1 unspecified atom stereocenters. The van der Waals surface area contributed by atoms with Crippen molar-refractivity contribution in [3.8, 4) is 0 Å². The van der Waals surface area contributed by atoms with Gasteiger partial charge >= 0.3 is 5.97 Å². The van der Waals surface area contributed by atoms with Gasteiger partial charge in [-0.15, -0.1) is 0 Å². The van der Waals surface area contributed by atoms with E-state index in [1.807, 2.05) is 32.0 Å². The highest BCUT2D eigenvalue weighted by Gasteiger charge is 2.23. The van der Waals surface area contributed by atoms with Crippen LogP contribution in [0, 0.1) is 5.92 Å². The van der Waals surface area contributed by atoms with Gasteiger partial charge in [-0.05, 0) is 25.0 Å². The molecule has 0 heterocycles. The first-order chi connectivity index (χ1) is 9.41. The van der Waals surface area contributed by atoms with Crippen LogP contribution in [-0.4, -0.2) is 36.1 Å². The molecule has 0 aliphatic rings. The molecule has 0 aliphatic heterocycles. The van der Waals surface area contributed by atoms with E-state index in [4.69, 9.17) is 5.11 Å². The Bertz CT molecular complexity index is 446. The number of carboxylic acids is 1. The lowest BCUT2D eigenvalue weighted by Crippen LogP contribution is -2.48. The summed E-state index contributed by atoms with van der Waals surface area (Å²) in [6.07, 6.45) is 0. The van der Waals surface area contributed by atoms with Crippen LogP contribution in [0.25, 0.3) is 0 Å². The Balaban J connectivity index is 2.82. The van der Waals surface area contributed by atoms with E-state index in [-0.39, 0.29) is 12.5 Å². The molecule has 0 radical (unpaired) electrons. The van der Waals surface area contributed by atoms with Crippen molar-refractivity contribution in [2.75, 3.05) is 18.0 Å². The Labute approximate surface area is 119 Å². The summed E-state index contributed by atoms with van der Waals surface area (Å²) in [4.78, 5) is 24.7. The fourth-order valence-electron chi connectivity index (χ4n) is 1.81. The standard InChI is InChI=1S/C15H22N2O3/c1-11(2)9-16-15(20)12(3)17(10-14(18)19)13-7-5-4-6-8-13/h4-8,11-12H,9-10H2,1-3H3,(H,16,20)(H,18,19). The molecular weight excluding hydrogens is 256 g/mol. The Kier molecular flexibility index (Phi) is 6.03. The number of carbonyl (C=O) groups excluding carboxylic acids is 1. The van der Waals surface area contributed by atoms with Crippen LogP contribution >= 0.6 is 0 Å². The highest BCUT2D eigenvalue weighted by atomic mass is 16.4. The Morgan fingerprint density at radius 3 is 2.30 bits per heavy atom. The number of amides is 1. The van der Waals surface area contributed by atoms with Gasteiger partial charge in [-0.25, -0.2) is 0 Å². The first-order valence-corrected chi connectivity index (χ1v) is 6.73. The summed E-state index contributed by atoms with van der Waals surface area (Å²) in [6, 6.07) is 8.56. The van der Waals surface area contributed by atoms with E-state index < -0.39 is 12.0 Å². The molecule has 0 fully saturated rings. The van der Waals surface area contributed by atoms with Gasteiger partial charge in [0.15, 0.2) is 0 Å². The van der Waals surface area contributed by atoms with E-state index in [2.05, 4.69) is 5.32 Å². The number of benzene rings is 1. The zero-order valence-electron chi connectivity index (χ0n) is 12.2. The smallest absolute Gasteiger partial charge is 0.323 e. The van der Waals surface area contributed by atoms with Gasteiger partial charge in [-0.3, -0.25) is 9.59 Å². The van der Waals surface area contributed by atoms with Crippen LogP contribution in [0.2, 0.25) is 0 Å². The maximum Gasteiger partial charge on any atom is 0.323 e. The van der Waals surface area contributed by atoms with Crippen molar-refractivity contribution < 1.29 is 14.7 Å². The van der Waals surface area contributed by atoms with Gasteiger partial charge in [-0.2, -0.15) is 0 Å². The molecule has 5 nitrogen and oxygen atoms in total. The van der Waals surface area contributed by atoms with Crippen molar-refractivity contribution >= 4 is 17.6 Å². The van der Waals surface area contributed by atoms with Crippen molar-refractivity contribution in [1.82, 2.24) is 5.32 Å². The quantitative estimate of drug-likeness (QED) is 0.797. The summed E-state index contributed by atoms with van der Waals surface area (Å²) in [5.41, 5.74) is 0.724. The average Bonchev–Trinajstić information content (AvgIpc) is 2.42. The number of carboxylic acid groups (broad SMARTS) is 1. The molecule has 0 aliphatic carbocycles. The minimum absolute atomic E-state index is 0.163. The van der Waals surface area contributed by atoms with Gasteiger partial charge in [0, 0.05) is 12.2 Å². The zero-order chi connectivity index (χ0) is 15.1. The van der Waals surface area contributed by atoms with E-state index in [0.29, 0.717) is 12.5 Å². The number of hydrogen-bond acceptors (Lipinski definition) is 3. The third-order valence-electron chi connectivity index (χ3n) is 2.92. The SMILES string of the molecule is CC(C)CNC(=O)C(C)N(CC(=O)O)c1ccccc1. The highest BCUT2D eigenvalue weighted by molar-refractivity contribution is 5.87. The van der Waals surface area contributed by atoms with Crippen LogP contribution in [-0.2, 0) is 9.59 Å². The van der Waals surface area contributed by atoms with Gasteiger partial charge in [-0.1, -0.05) is 32.0 Å². The Morgan fingerprint density at radius 2 is 1.80 bits per heavy atom. The van der Waals surface area contributed by atoms with Crippen LogP contribution in [0.1, 0.15) is 20.8 Å². The van der Waals surface area contributed by atoms with Gasteiger partial charge in [0.05, 0.1) is 0 Å². The lowest BCUT2D eigenvalue weighted by atomic mass is 10.2. The molecule has 1 rings (SSSR count). The topological polar surface area (TPSA) is 69.6 Å². The number of hydrogen-bond donors (Lipinski definition) is 2. The summed E-state index contributed by atoms with van der Waals surface area (Å²) in [5.74, 6) is -0.767. The maximum atomic E-state index is 12.1. The molecule has 0 saturated carbocycles. The number of carbonyl (C=O) groups is 2. The minimum Gasteiger partial charge on any atom is -0.480 e. The molecule has 1 atom stereocenters. The molecule has 0 aromatic heterocycles. The number of rotatable bonds is 7. The number of aliphatic carboxylic acids is 1. The lowest BCUT2D eigenvalue weighted by Gasteiger charge is -2.29. The molecule has 1 aromatic carbocycles. The summed E-state index contributed by atoms with van der Waals surface area (Å²) >= 11 is 0. The predicted molar refractivity (Wildman–Crippen MR) is 78.7 cm³/mol. The minimum atomic E-state index is -0.961. The molecule has 2 N–H and O–H groups in total. The van der Waals surface area contributed by atoms with Gasteiger partial charge in [0.25, 0.3) is 0 Å². The van der Waals surface area contributed by atoms with Gasteiger partial charge in [0.2, 0.25) is 5.91 Å². The number of anilines is 1. The molecule has 0 spiro atoms. The predicted octanol–water partition coefficient (Wildman–Crippen LogP) is 1.74. The highest BCUT2D eigenvalue weighted by Crippen LogP contribution is 2.16. The van der Waals surface area contributed by atoms with E-state index >= 15 is 0 Å². The van der Waals surface area contributed by atoms with Crippen LogP contribution in [0.5, 0.6) is 0 Å². The maximum absolute atomic E-state index is 12.1. The van der Waals surface area contributed by atoms with Gasteiger partial charge < -0.3 is 15.3 Å². The molecule has 0 saturated heterocycles. The van der Waals surface area contributed by atoms with Crippen molar-refractivity contribution in [3.63, 3.8) is 0 Å². The Morgan fingerprint density at radius 1 is 1.20 bits per heavy atom. The molecular formula is C15H22N2O3. The second-order valence-corrected chi connectivity index (χ2v) is 5.17. The molecule has 20 heavy (non-hydrogen) atoms. The van der Waals surface area contributed by atoms with E-state index in [9.17, 15) is 9.59 Å². The largest absolute Gasteiger partial charge is 0.480 e. The van der Waals surface area contributed by atoms with Gasteiger partial charge in [0.1, 0.15) is 12.6 Å². The van der Waals surface area contributed by atoms with Crippen molar-refractivity contribution in [3.05, 3.63) is 30.3 Å². The van der Waals surface area contributed by atoms with Crippen molar-refractivity contribution in [1.29, 1.82) is 0 Å². The third kappa shape index (κ3) is 4.91. The van der Waals surface area contributed by atoms with E-state index in [0.717, 1.165) is 5.69 Å². The lowest BCUT2D eigenvalue weighted by molar-refractivity contribution is -0.135. The summed E-state index contributed by atoms with van der Waals surface area (Å²) in [5, 5.41) is 11.9. The second-order valence-electron chi connectivity index (χ2n) is 5.17. The second kappa shape index (κ2) is 7.53. The summed E-state index contributed by atoms with van der Waals surface area (Å²) in [7, 11) is 0. The van der Waals surface area contributed by atoms with E-state index in [1.54, 1.807) is 24.0 Å². The number of para-hydroxylation sites is 1. The molecule has 1 amide bonds. The van der Waals surface area contributed by atoms with Crippen molar-refractivity contribution in [2.24, 2.45) is 5.92 Å². The summed E-state index contributed by atoms with van der Waals surface area (Å²) in [6.45, 7) is 6.11.